The number of piperidine rings is 1. The molecule has 0 aliphatic carbocycles. The van der Waals surface area contributed by atoms with Crippen LogP contribution in [0.25, 0.3) is 0 Å². The fourth-order valence-electron chi connectivity index (χ4n) is 2.02. The first kappa shape index (κ1) is 10.6. The van der Waals surface area contributed by atoms with E-state index in [1.807, 2.05) is 5.38 Å². The molecule has 4 heteroatoms. The van der Waals surface area contributed by atoms with Crippen LogP contribution in [-0.4, -0.2) is 26.2 Å². The number of hydrogen-bond donors (Lipinski definition) is 1. The van der Waals surface area contributed by atoms with Crippen LogP contribution in [0.5, 0.6) is 0 Å². The van der Waals surface area contributed by atoms with Gasteiger partial charge in [-0.3, -0.25) is 0 Å². The Hall–Kier alpha value is -0.870. The molecule has 0 spiro atoms. The Morgan fingerprint density at radius 3 is 3.20 bits per heavy atom. The van der Waals surface area contributed by atoms with E-state index in [9.17, 15) is 4.79 Å². The highest BCUT2D eigenvalue weighted by Gasteiger charge is 2.22. The minimum absolute atomic E-state index is 0.203. The van der Waals surface area contributed by atoms with Crippen molar-refractivity contribution in [2.75, 3.05) is 20.2 Å². The maximum absolute atomic E-state index is 11.5. The van der Waals surface area contributed by atoms with Crippen LogP contribution < -0.4 is 5.32 Å². The van der Waals surface area contributed by atoms with Crippen molar-refractivity contribution < 1.29 is 9.53 Å². The third-order valence-corrected chi connectivity index (χ3v) is 3.71. The first-order valence-electron chi connectivity index (χ1n) is 5.19. The van der Waals surface area contributed by atoms with Crippen molar-refractivity contribution in [3.8, 4) is 0 Å². The van der Waals surface area contributed by atoms with Gasteiger partial charge in [-0.15, -0.1) is 11.3 Å². The Kier molecular flexibility index (Phi) is 3.38. The van der Waals surface area contributed by atoms with Gasteiger partial charge < -0.3 is 10.1 Å². The fraction of sp³-hybridized carbons (Fsp3) is 0.545. The number of rotatable bonds is 2. The number of nitrogens with one attached hydrogen (secondary N) is 1. The number of thiophene rings is 1. The van der Waals surface area contributed by atoms with E-state index in [0.717, 1.165) is 30.0 Å². The van der Waals surface area contributed by atoms with Crippen LogP contribution in [0.2, 0.25) is 0 Å². The van der Waals surface area contributed by atoms with Crippen molar-refractivity contribution in [3.63, 3.8) is 0 Å². The zero-order valence-electron chi connectivity index (χ0n) is 8.79. The number of carbonyl (C=O) groups is 1. The number of methoxy groups -OCH3 is 1. The van der Waals surface area contributed by atoms with Gasteiger partial charge in [0.1, 0.15) is 4.88 Å². The van der Waals surface area contributed by atoms with E-state index in [4.69, 9.17) is 4.74 Å². The Bertz CT molecular complexity index is 342. The third-order valence-electron chi connectivity index (χ3n) is 2.80. The molecule has 1 aromatic rings. The lowest BCUT2D eigenvalue weighted by atomic mass is 9.92. The summed E-state index contributed by atoms with van der Waals surface area (Å²) in [6.07, 6.45) is 2.34. The summed E-state index contributed by atoms with van der Waals surface area (Å²) in [6.45, 7) is 2.06. The standard InChI is InChI=1S/C11H15NO2S/c1-14-11(13)10-9(4-6-15-10)8-3-2-5-12-7-8/h4,6,8,12H,2-3,5,7H2,1H3. The molecular weight excluding hydrogens is 210 g/mol. The Morgan fingerprint density at radius 2 is 2.53 bits per heavy atom. The Balaban J connectivity index is 2.19. The van der Waals surface area contributed by atoms with Crippen molar-refractivity contribution in [1.82, 2.24) is 5.32 Å². The van der Waals surface area contributed by atoms with Gasteiger partial charge in [0, 0.05) is 6.54 Å². The molecule has 0 radical (unpaired) electrons. The van der Waals surface area contributed by atoms with E-state index in [-0.39, 0.29) is 5.97 Å². The lowest BCUT2D eigenvalue weighted by molar-refractivity contribution is 0.0604. The third kappa shape index (κ3) is 2.21. The highest BCUT2D eigenvalue weighted by Crippen LogP contribution is 2.30. The normalized spacial score (nSPS) is 21.3. The van der Waals surface area contributed by atoms with Crippen LogP contribution in [0.4, 0.5) is 0 Å². The molecule has 1 fully saturated rings. The average molecular weight is 225 g/mol. The molecule has 0 saturated carbocycles. The van der Waals surface area contributed by atoms with Crippen LogP contribution in [0.3, 0.4) is 0 Å². The van der Waals surface area contributed by atoms with Gasteiger partial charge in [0.2, 0.25) is 0 Å². The molecule has 1 saturated heterocycles. The van der Waals surface area contributed by atoms with Gasteiger partial charge in [0.15, 0.2) is 0 Å². The van der Waals surface area contributed by atoms with E-state index in [1.54, 1.807) is 0 Å². The predicted molar refractivity (Wildman–Crippen MR) is 60.5 cm³/mol. The molecule has 2 heterocycles. The van der Waals surface area contributed by atoms with E-state index in [0.29, 0.717) is 5.92 Å². The monoisotopic (exact) mass is 225 g/mol. The summed E-state index contributed by atoms with van der Waals surface area (Å²) >= 11 is 1.47. The Morgan fingerprint density at radius 1 is 1.67 bits per heavy atom. The van der Waals surface area contributed by atoms with Crippen molar-refractivity contribution in [1.29, 1.82) is 0 Å². The molecule has 1 N–H and O–H groups in total. The van der Waals surface area contributed by atoms with E-state index < -0.39 is 0 Å². The quantitative estimate of drug-likeness (QED) is 0.782. The van der Waals surface area contributed by atoms with Gasteiger partial charge in [-0.2, -0.15) is 0 Å². The lowest BCUT2D eigenvalue weighted by Crippen LogP contribution is -2.28. The molecule has 82 valence electrons. The molecule has 1 unspecified atom stereocenters. The summed E-state index contributed by atoms with van der Waals surface area (Å²) in [4.78, 5) is 12.3. The molecule has 2 rings (SSSR count). The maximum Gasteiger partial charge on any atom is 0.348 e. The fourth-order valence-corrected chi connectivity index (χ4v) is 2.92. The molecule has 1 aliphatic rings. The van der Waals surface area contributed by atoms with Crippen molar-refractivity contribution >= 4 is 17.3 Å². The highest BCUT2D eigenvalue weighted by atomic mass is 32.1. The number of ether oxygens (including phenoxy) is 1. The molecule has 15 heavy (non-hydrogen) atoms. The van der Waals surface area contributed by atoms with E-state index >= 15 is 0 Å². The predicted octanol–water partition coefficient (Wildman–Crippen LogP) is 2.00. The van der Waals surface area contributed by atoms with Gasteiger partial charge in [-0.1, -0.05) is 0 Å². The summed E-state index contributed by atoms with van der Waals surface area (Å²) in [5.74, 6) is 0.268. The first-order valence-corrected chi connectivity index (χ1v) is 6.07. The second-order valence-corrected chi connectivity index (χ2v) is 4.66. The van der Waals surface area contributed by atoms with Gasteiger partial charge in [-0.05, 0) is 42.3 Å². The largest absolute Gasteiger partial charge is 0.465 e. The van der Waals surface area contributed by atoms with Crippen LogP contribution in [0, 0.1) is 0 Å². The van der Waals surface area contributed by atoms with Gasteiger partial charge in [0.25, 0.3) is 0 Å². The van der Waals surface area contributed by atoms with Gasteiger partial charge >= 0.3 is 5.97 Å². The molecule has 0 aromatic carbocycles. The smallest absolute Gasteiger partial charge is 0.348 e. The van der Waals surface area contributed by atoms with Crippen LogP contribution in [0.15, 0.2) is 11.4 Å². The molecule has 3 nitrogen and oxygen atoms in total. The summed E-state index contributed by atoms with van der Waals surface area (Å²) < 4.78 is 4.78. The summed E-state index contributed by atoms with van der Waals surface area (Å²) in [5.41, 5.74) is 1.15. The number of esters is 1. The minimum Gasteiger partial charge on any atom is -0.465 e. The van der Waals surface area contributed by atoms with Crippen molar-refractivity contribution in [3.05, 3.63) is 21.9 Å². The summed E-state index contributed by atoms with van der Waals surface area (Å²) in [7, 11) is 1.44. The van der Waals surface area contributed by atoms with Crippen LogP contribution in [-0.2, 0) is 4.74 Å². The summed E-state index contributed by atoms with van der Waals surface area (Å²) in [5, 5.41) is 5.33. The van der Waals surface area contributed by atoms with Crippen LogP contribution >= 0.6 is 11.3 Å². The van der Waals surface area contributed by atoms with Gasteiger partial charge in [-0.25, -0.2) is 4.79 Å². The second-order valence-electron chi connectivity index (χ2n) is 3.74. The molecule has 0 bridgehead atoms. The highest BCUT2D eigenvalue weighted by molar-refractivity contribution is 7.12. The maximum atomic E-state index is 11.5. The second kappa shape index (κ2) is 4.77. The molecule has 0 amide bonds. The summed E-state index contributed by atoms with van der Waals surface area (Å²) in [6, 6.07) is 2.05. The number of carbonyl (C=O) groups excluding carboxylic acids is 1. The van der Waals surface area contributed by atoms with Crippen LogP contribution in [0.1, 0.15) is 34.0 Å². The first-order chi connectivity index (χ1) is 7.33. The SMILES string of the molecule is COC(=O)c1sccc1C1CCCNC1. The Labute approximate surface area is 93.4 Å². The molecular formula is C11H15NO2S. The van der Waals surface area contributed by atoms with Gasteiger partial charge in [0.05, 0.1) is 7.11 Å². The van der Waals surface area contributed by atoms with Crippen molar-refractivity contribution in [2.45, 2.75) is 18.8 Å². The topological polar surface area (TPSA) is 38.3 Å². The van der Waals surface area contributed by atoms with E-state index in [1.165, 1.54) is 24.9 Å². The average Bonchev–Trinajstić information content (AvgIpc) is 2.78. The lowest BCUT2D eigenvalue weighted by Gasteiger charge is -2.22. The van der Waals surface area contributed by atoms with E-state index in [2.05, 4.69) is 11.4 Å². The molecule has 1 atom stereocenters. The van der Waals surface area contributed by atoms with Crippen molar-refractivity contribution in [2.24, 2.45) is 0 Å². The molecule has 1 aromatic heterocycles. The zero-order valence-corrected chi connectivity index (χ0v) is 9.60. The zero-order chi connectivity index (χ0) is 10.7. The minimum atomic E-state index is -0.203. The number of hydrogen-bond acceptors (Lipinski definition) is 4. The molecule has 1 aliphatic heterocycles.